The van der Waals surface area contributed by atoms with E-state index in [0.29, 0.717) is 27.2 Å². The van der Waals surface area contributed by atoms with Crippen molar-refractivity contribution in [2.75, 3.05) is 6.73 Å². The molecule has 1 aliphatic heterocycles. The average Bonchev–Trinajstić information content (AvgIpc) is 3.31. The van der Waals surface area contributed by atoms with Gasteiger partial charge < -0.3 is 9.64 Å². The summed E-state index contributed by atoms with van der Waals surface area (Å²) in [6.07, 6.45) is 3.05. The Balaban J connectivity index is 1.73. The lowest BCUT2D eigenvalue weighted by Gasteiger charge is -2.34. The van der Waals surface area contributed by atoms with Crippen molar-refractivity contribution in [3.8, 4) is 0 Å². The van der Waals surface area contributed by atoms with Crippen molar-refractivity contribution in [2.24, 2.45) is 0 Å². The molecule has 9 heteroatoms. The lowest BCUT2D eigenvalue weighted by molar-refractivity contribution is -0.0247. The molecule has 1 aromatic heterocycles. The van der Waals surface area contributed by atoms with Gasteiger partial charge in [0.25, 0.3) is 5.91 Å². The number of amides is 1. The molecule has 29 heavy (non-hydrogen) atoms. The standard InChI is InChI=1S/C20H17Cl3N4O2/c1-13-20(9-26-11-24-10-25-26,17-7-6-16(22)8-18(17)23)29-12-27(13)19(28)14-2-4-15(21)5-3-14/h2-8,10-11,13H,9,12H2,1H3/t13-,20-/m0/s1. The number of halogens is 3. The molecule has 150 valence electrons. The van der Waals surface area contributed by atoms with Crippen LogP contribution in [0.3, 0.4) is 0 Å². The van der Waals surface area contributed by atoms with E-state index in [4.69, 9.17) is 39.5 Å². The van der Waals surface area contributed by atoms with Gasteiger partial charge in [0, 0.05) is 26.2 Å². The molecule has 0 radical (unpaired) electrons. The van der Waals surface area contributed by atoms with Crippen LogP contribution >= 0.6 is 34.8 Å². The lowest BCUT2D eigenvalue weighted by atomic mass is 9.86. The van der Waals surface area contributed by atoms with E-state index < -0.39 is 5.60 Å². The number of hydrogen-bond acceptors (Lipinski definition) is 4. The smallest absolute Gasteiger partial charge is 0.256 e. The summed E-state index contributed by atoms with van der Waals surface area (Å²) >= 11 is 18.6. The van der Waals surface area contributed by atoms with Crippen LogP contribution < -0.4 is 0 Å². The van der Waals surface area contributed by atoms with Crippen molar-refractivity contribution in [3.63, 3.8) is 0 Å². The Morgan fingerprint density at radius 2 is 1.90 bits per heavy atom. The Morgan fingerprint density at radius 1 is 1.17 bits per heavy atom. The van der Waals surface area contributed by atoms with E-state index in [2.05, 4.69) is 10.1 Å². The molecule has 0 bridgehead atoms. The number of rotatable bonds is 4. The van der Waals surface area contributed by atoms with Gasteiger partial charge in [-0.1, -0.05) is 40.9 Å². The second-order valence-electron chi connectivity index (χ2n) is 6.84. The Morgan fingerprint density at radius 3 is 2.55 bits per heavy atom. The molecule has 6 nitrogen and oxygen atoms in total. The van der Waals surface area contributed by atoms with Crippen LogP contribution in [-0.2, 0) is 16.9 Å². The van der Waals surface area contributed by atoms with Crippen LogP contribution in [0.15, 0.2) is 55.1 Å². The predicted octanol–water partition coefficient (Wildman–Crippen LogP) is 4.65. The zero-order chi connectivity index (χ0) is 20.6. The van der Waals surface area contributed by atoms with Crippen LogP contribution in [0.25, 0.3) is 0 Å². The third-order valence-electron chi connectivity index (χ3n) is 5.21. The van der Waals surface area contributed by atoms with Gasteiger partial charge in [-0.05, 0) is 43.3 Å². The Hall–Kier alpha value is -2.12. The van der Waals surface area contributed by atoms with E-state index in [9.17, 15) is 4.79 Å². The Labute approximate surface area is 183 Å². The molecule has 0 spiro atoms. The number of hydrogen-bond donors (Lipinski definition) is 0. The van der Waals surface area contributed by atoms with E-state index in [-0.39, 0.29) is 18.7 Å². The van der Waals surface area contributed by atoms with Crippen LogP contribution in [0.2, 0.25) is 15.1 Å². The molecule has 2 aromatic carbocycles. The van der Waals surface area contributed by atoms with Gasteiger partial charge in [0.1, 0.15) is 25.0 Å². The normalized spacial score (nSPS) is 21.5. The largest absolute Gasteiger partial charge is 0.346 e. The second kappa shape index (κ2) is 7.95. The van der Waals surface area contributed by atoms with E-state index in [1.54, 1.807) is 52.3 Å². The minimum Gasteiger partial charge on any atom is -0.346 e. The number of nitrogens with zero attached hydrogens (tertiary/aromatic N) is 4. The highest BCUT2D eigenvalue weighted by atomic mass is 35.5. The Kier molecular flexibility index (Phi) is 5.53. The minimum atomic E-state index is -0.919. The van der Waals surface area contributed by atoms with Gasteiger partial charge in [-0.25, -0.2) is 9.67 Å². The quantitative estimate of drug-likeness (QED) is 0.579. The van der Waals surface area contributed by atoms with Crippen LogP contribution in [0, 0.1) is 0 Å². The SMILES string of the molecule is C[C@@H]1N(C(=O)c2ccc(Cl)cc2)CO[C@]1(Cn1cncn1)c1ccc(Cl)cc1Cl. The molecule has 1 fully saturated rings. The summed E-state index contributed by atoms with van der Waals surface area (Å²) < 4.78 is 7.94. The summed E-state index contributed by atoms with van der Waals surface area (Å²) in [5.74, 6) is -0.153. The fourth-order valence-electron chi connectivity index (χ4n) is 3.62. The van der Waals surface area contributed by atoms with Gasteiger partial charge in [0.15, 0.2) is 0 Å². The topological polar surface area (TPSA) is 60.2 Å². The summed E-state index contributed by atoms with van der Waals surface area (Å²) in [5.41, 5.74) is 0.346. The molecule has 1 saturated heterocycles. The highest BCUT2D eigenvalue weighted by Gasteiger charge is 2.51. The monoisotopic (exact) mass is 450 g/mol. The maximum absolute atomic E-state index is 13.1. The van der Waals surface area contributed by atoms with Crippen LogP contribution in [0.1, 0.15) is 22.8 Å². The van der Waals surface area contributed by atoms with E-state index in [1.807, 2.05) is 13.0 Å². The summed E-state index contributed by atoms with van der Waals surface area (Å²) in [6.45, 7) is 2.37. The van der Waals surface area contributed by atoms with Gasteiger partial charge in [0.05, 0.1) is 12.6 Å². The average molecular weight is 452 g/mol. The molecule has 3 aromatic rings. The van der Waals surface area contributed by atoms with Crippen LogP contribution in [0.5, 0.6) is 0 Å². The van der Waals surface area contributed by atoms with E-state index in [1.165, 1.54) is 6.33 Å². The fraction of sp³-hybridized carbons (Fsp3) is 0.250. The van der Waals surface area contributed by atoms with Gasteiger partial charge in [-0.15, -0.1) is 0 Å². The zero-order valence-electron chi connectivity index (χ0n) is 15.4. The van der Waals surface area contributed by atoms with Crippen LogP contribution in [0.4, 0.5) is 0 Å². The Bertz CT molecular complexity index is 1030. The molecule has 4 rings (SSSR count). The highest BCUT2D eigenvalue weighted by Crippen LogP contribution is 2.43. The number of ether oxygens (including phenoxy) is 1. The first-order valence-electron chi connectivity index (χ1n) is 8.89. The summed E-state index contributed by atoms with van der Waals surface area (Å²) in [5, 5.41) is 5.76. The number of carbonyl (C=O) groups excluding carboxylic acids is 1. The molecule has 2 atom stereocenters. The van der Waals surface area contributed by atoms with Crippen molar-refractivity contribution in [1.29, 1.82) is 0 Å². The number of carbonyl (C=O) groups is 1. The maximum Gasteiger partial charge on any atom is 0.256 e. The predicted molar refractivity (Wildman–Crippen MR) is 111 cm³/mol. The molecule has 1 aliphatic rings. The highest BCUT2D eigenvalue weighted by molar-refractivity contribution is 6.35. The van der Waals surface area contributed by atoms with Gasteiger partial charge in [0.2, 0.25) is 0 Å². The molecule has 0 saturated carbocycles. The van der Waals surface area contributed by atoms with E-state index >= 15 is 0 Å². The first kappa shape index (κ1) is 20.2. The van der Waals surface area contributed by atoms with Crippen LogP contribution in [-0.4, -0.2) is 38.3 Å². The van der Waals surface area contributed by atoms with Crippen molar-refractivity contribution < 1.29 is 9.53 Å². The molecule has 0 unspecified atom stereocenters. The summed E-state index contributed by atoms with van der Waals surface area (Å²) in [7, 11) is 0. The number of aromatic nitrogens is 3. The number of benzene rings is 2. The first-order chi connectivity index (χ1) is 13.9. The molecule has 0 N–H and O–H groups in total. The van der Waals surface area contributed by atoms with Gasteiger partial charge in [-0.2, -0.15) is 5.10 Å². The van der Waals surface area contributed by atoms with Crippen molar-refractivity contribution in [3.05, 3.63) is 81.3 Å². The molecule has 2 heterocycles. The van der Waals surface area contributed by atoms with Crippen molar-refractivity contribution >= 4 is 40.7 Å². The molecular weight excluding hydrogens is 435 g/mol. The van der Waals surface area contributed by atoms with Crippen molar-refractivity contribution in [1.82, 2.24) is 19.7 Å². The van der Waals surface area contributed by atoms with Gasteiger partial charge >= 0.3 is 0 Å². The van der Waals surface area contributed by atoms with Crippen molar-refractivity contribution in [2.45, 2.75) is 25.1 Å². The first-order valence-corrected chi connectivity index (χ1v) is 10.0. The lowest BCUT2D eigenvalue weighted by Crippen LogP contribution is -2.46. The fourth-order valence-corrected chi connectivity index (χ4v) is 4.31. The third-order valence-corrected chi connectivity index (χ3v) is 6.01. The second-order valence-corrected chi connectivity index (χ2v) is 8.12. The third kappa shape index (κ3) is 3.73. The molecular formula is C20H17Cl3N4O2. The summed E-state index contributed by atoms with van der Waals surface area (Å²) in [6, 6.07) is 11.7. The molecule has 1 amide bonds. The minimum absolute atomic E-state index is 0.107. The van der Waals surface area contributed by atoms with E-state index in [0.717, 1.165) is 5.56 Å². The van der Waals surface area contributed by atoms with Gasteiger partial charge in [-0.3, -0.25) is 4.79 Å². The summed E-state index contributed by atoms with van der Waals surface area (Å²) in [4.78, 5) is 18.8. The maximum atomic E-state index is 13.1. The molecule has 0 aliphatic carbocycles. The zero-order valence-corrected chi connectivity index (χ0v) is 17.7.